The molecule has 4 nitrogen and oxygen atoms in total. The fraction of sp³-hybridized carbons (Fsp3) is 0.421. The number of carbonyl (C=O) groups is 1. The molecule has 1 heterocycles. The number of carbonyl (C=O) groups excluding carboxylic acids is 1. The number of benzene rings is 1. The maximum atomic E-state index is 12.3. The van der Waals surface area contributed by atoms with Crippen LogP contribution in [0.4, 0.5) is 0 Å². The van der Waals surface area contributed by atoms with Crippen LogP contribution in [0.2, 0.25) is 0 Å². The zero-order valence-corrected chi connectivity index (χ0v) is 13.7. The normalized spacial score (nSPS) is 21.2. The molecule has 0 spiro atoms. The Bertz CT molecular complexity index is 622. The SMILES string of the molecule is CN(C)C(CNC(=O)C1CC1c1ccco1)Cc1ccccc1. The molecule has 3 unspecified atom stereocenters. The zero-order valence-electron chi connectivity index (χ0n) is 13.7. The molecule has 1 saturated carbocycles. The van der Waals surface area contributed by atoms with Crippen molar-refractivity contribution in [2.24, 2.45) is 5.92 Å². The highest BCUT2D eigenvalue weighted by Gasteiger charge is 2.45. The highest BCUT2D eigenvalue weighted by Crippen LogP contribution is 2.47. The van der Waals surface area contributed by atoms with Gasteiger partial charge < -0.3 is 14.6 Å². The minimum Gasteiger partial charge on any atom is -0.469 e. The lowest BCUT2D eigenvalue weighted by Crippen LogP contribution is -2.42. The Labute approximate surface area is 137 Å². The van der Waals surface area contributed by atoms with Crippen molar-refractivity contribution in [1.29, 1.82) is 0 Å². The fourth-order valence-corrected chi connectivity index (χ4v) is 2.97. The lowest BCUT2D eigenvalue weighted by molar-refractivity contribution is -0.122. The van der Waals surface area contributed by atoms with Gasteiger partial charge in [0.1, 0.15) is 5.76 Å². The second kappa shape index (κ2) is 7.01. The van der Waals surface area contributed by atoms with E-state index in [4.69, 9.17) is 4.42 Å². The van der Waals surface area contributed by atoms with Crippen molar-refractivity contribution >= 4 is 5.91 Å². The van der Waals surface area contributed by atoms with E-state index in [0.29, 0.717) is 12.6 Å². The van der Waals surface area contributed by atoms with Gasteiger partial charge in [-0.15, -0.1) is 0 Å². The molecule has 2 aromatic rings. The first-order valence-corrected chi connectivity index (χ1v) is 8.16. The Hall–Kier alpha value is -2.07. The summed E-state index contributed by atoms with van der Waals surface area (Å²) in [5, 5.41) is 3.12. The molecule has 4 heteroatoms. The van der Waals surface area contributed by atoms with Crippen LogP contribution in [0, 0.1) is 5.92 Å². The number of hydrogen-bond donors (Lipinski definition) is 1. The molecule has 1 N–H and O–H groups in total. The average molecular weight is 312 g/mol. The van der Waals surface area contributed by atoms with E-state index in [-0.39, 0.29) is 17.7 Å². The summed E-state index contributed by atoms with van der Waals surface area (Å²) in [7, 11) is 4.12. The number of hydrogen-bond acceptors (Lipinski definition) is 3. The fourth-order valence-electron chi connectivity index (χ4n) is 2.97. The molecular weight excluding hydrogens is 288 g/mol. The maximum Gasteiger partial charge on any atom is 0.223 e. The van der Waals surface area contributed by atoms with E-state index in [2.05, 4.69) is 48.6 Å². The monoisotopic (exact) mass is 312 g/mol. The highest BCUT2D eigenvalue weighted by molar-refractivity contribution is 5.82. The standard InChI is InChI=1S/C19H24N2O2/c1-21(2)15(11-14-7-4-3-5-8-14)13-20-19(22)17-12-16(17)18-9-6-10-23-18/h3-10,15-17H,11-13H2,1-2H3,(H,20,22). The summed E-state index contributed by atoms with van der Waals surface area (Å²) in [4.78, 5) is 14.5. The molecule has 23 heavy (non-hydrogen) atoms. The molecule has 0 saturated heterocycles. The highest BCUT2D eigenvalue weighted by atomic mass is 16.3. The summed E-state index contributed by atoms with van der Waals surface area (Å²) in [6, 6.07) is 14.5. The third-order valence-electron chi connectivity index (χ3n) is 4.59. The van der Waals surface area contributed by atoms with Gasteiger partial charge >= 0.3 is 0 Å². The molecule has 1 aromatic carbocycles. The summed E-state index contributed by atoms with van der Waals surface area (Å²) in [6.07, 6.45) is 3.50. The van der Waals surface area contributed by atoms with Gasteiger partial charge in [-0.2, -0.15) is 0 Å². The molecule has 3 atom stereocenters. The number of nitrogens with one attached hydrogen (secondary N) is 1. The van der Waals surface area contributed by atoms with Crippen LogP contribution in [0.1, 0.15) is 23.7 Å². The van der Waals surface area contributed by atoms with E-state index in [1.165, 1.54) is 5.56 Å². The van der Waals surface area contributed by atoms with Crippen LogP contribution in [-0.4, -0.2) is 37.5 Å². The van der Waals surface area contributed by atoms with Crippen LogP contribution in [-0.2, 0) is 11.2 Å². The van der Waals surface area contributed by atoms with Gasteiger partial charge in [-0.1, -0.05) is 30.3 Å². The molecule has 0 bridgehead atoms. The minimum atomic E-state index is 0.0701. The molecule has 1 aliphatic rings. The van der Waals surface area contributed by atoms with Crippen molar-refractivity contribution < 1.29 is 9.21 Å². The van der Waals surface area contributed by atoms with Crippen LogP contribution in [0.15, 0.2) is 53.1 Å². The Kier molecular flexibility index (Phi) is 4.82. The molecular formula is C19H24N2O2. The van der Waals surface area contributed by atoms with E-state index in [0.717, 1.165) is 18.6 Å². The molecule has 1 aromatic heterocycles. The molecule has 1 amide bonds. The second-order valence-corrected chi connectivity index (χ2v) is 6.52. The van der Waals surface area contributed by atoms with E-state index < -0.39 is 0 Å². The van der Waals surface area contributed by atoms with Crippen molar-refractivity contribution in [1.82, 2.24) is 10.2 Å². The van der Waals surface area contributed by atoms with E-state index in [9.17, 15) is 4.79 Å². The quantitative estimate of drug-likeness (QED) is 0.855. The van der Waals surface area contributed by atoms with Gasteiger partial charge in [-0.3, -0.25) is 4.79 Å². The number of nitrogens with zero attached hydrogens (tertiary/aromatic N) is 1. The van der Waals surface area contributed by atoms with Gasteiger partial charge in [0, 0.05) is 24.4 Å². The van der Waals surface area contributed by atoms with Crippen molar-refractivity contribution in [2.75, 3.05) is 20.6 Å². The summed E-state index contributed by atoms with van der Waals surface area (Å²) < 4.78 is 5.39. The first kappa shape index (κ1) is 15.8. The van der Waals surface area contributed by atoms with Gasteiger partial charge in [-0.25, -0.2) is 0 Å². The molecule has 122 valence electrons. The smallest absolute Gasteiger partial charge is 0.223 e. The summed E-state index contributed by atoms with van der Waals surface area (Å²) in [6.45, 7) is 0.669. The number of likely N-dealkylation sites (N-methyl/N-ethyl adjacent to an activating group) is 1. The van der Waals surface area contributed by atoms with Crippen molar-refractivity contribution in [2.45, 2.75) is 24.8 Å². The van der Waals surface area contributed by atoms with Gasteiger partial charge in [0.25, 0.3) is 0 Å². The van der Waals surface area contributed by atoms with Crippen molar-refractivity contribution in [3.05, 3.63) is 60.1 Å². The van der Waals surface area contributed by atoms with Crippen molar-refractivity contribution in [3.63, 3.8) is 0 Å². The summed E-state index contributed by atoms with van der Waals surface area (Å²) in [5.41, 5.74) is 1.29. The van der Waals surface area contributed by atoms with Gasteiger partial charge in [0.05, 0.1) is 6.26 Å². The summed E-state index contributed by atoms with van der Waals surface area (Å²) in [5.74, 6) is 1.41. The molecule has 0 aliphatic heterocycles. The lowest BCUT2D eigenvalue weighted by Gasteiger charge is -2.24. The second-order valence-electron chi connectivity index (χ2n) is 6.52. The Morgan fingerprint density at radius 2 is 2.04 bits per heavy atom. The van der Waals surface area contributed by atoms with Crippen LogP contribution < -0.4 is 5.32 Å². The maximum absolute atomic E-state index is 12.3. The largest absolute Gasteiger partial charge is 0.469 e. The van der Waals surface area contributed by atoms with Gasteiger partial charge in [-0.05, 0) is 44.6 Å². The van der Waals surface area contributed by atoms with Crippen molar-refractivity contribution in [3.8, 4) is 0 Å². The zero-order chi connectivity index (χ0) is 16.2. The lowest BCUT2D eigenvalue weighted by atomic mass is 10.1. The van der Waals surface area contributed by atoms with Crippen LogP contribution in [0.3, 0.4) is 0 Å². The van der Waals surface area contributed by atoms with E-state index in [1.54, 1.807) is 6.26 Å². The molecule has 1 fully saturated rings. The Morgan fingerprint density at radius 1 is 1.26 bits per heavy atom. The first-order chi connectivity index (χ1) is 11.1. The Morgan fingerprint density at radius 3 is 2.70 bits per heavy atom. The van der Waals surface area contributed by atoms with Gasteiger partial charge in [0.15, 0.2) is 0 Å². The molecule has 1 aliphatic carbocycles. The van der Waals surface area contributed by atoms with Crippen LogP contribution in [0.25, 0.3) is 0 Å². The Balaban J connectivity index is 1.50. The topological polar surface area (TPSA) is 45.5 Å². The number of rotatable bonds is 7. The summed E-state index contributed by atoms with van der Waals surface area (Å²) >= 11 is 0. The van der Waals surface area contributed by atoms with Gasteiger partial charge in [0.2, 0.25) is 5.91 Å². The minimum absolute atomic E-state index is 0.0701. The third kappa shape index (κ3) is 4.02. The molecule has 0 radical (unpaired) electrons. The van der Waals surface area contributed by atoms with E-state index in [1.807, 2.05) is 18.2 Å². The van der Waals surface area contributed by atoms with E-state index >= 15 is 0 Å². The predicted octanol–water partition coefficient (Wildman–Crippen LogP) is 2.67. The van der Waals surface area contributed by atoms with Crippen LogP contribution in [0.5, 0.6) is 0 Å². The molecule has 3 rings (SSSR count). The average Bonchev–Trinajstić information content (AvgIpc) is 3.17. The number of furan rings is 1. The predicted molar refractivity (Wildman–Crippen MR) is 90.2 cm³/mol. The number of amides is 1. The first-order valence-electron chi connectivity index (χ1n) is 8.16. The third-order valence-corrected chi connectivity index (χ3v) is 4.59. The van der Waals surface area contributed by atoms with Crippen LogP contribution >= 0.6 is 0 Å².